The van der Waals surface area contributed by atoms with Gasteiger partial charge in [-0.25, -0.2) is 4.79 Å². The van der Waals surface area contributed by atoms with E-state index in [-0.39, 0.29) is 5.56 Å². The number of rotatable bonds is 6. The van der Waals surface area contributed by atoms with Crippen LogP contribution in [0.1, 0.15) is 38.3 Å². The van der Waals surface area contributed by atoms with Gasteiger partial charge >= 0.3 is 5.97 Å². The minimum absolute atomic E-state index is 0.277. The normalized spacial score (nSPS) is 13.6. The van der Waals surface area contributed by atoms with Crippen molar-refractivity contribution < 1.29 is 14.7 Å². The van der Waals surface area contributed by atoms with Gasteiger partial charge in [0.05, 0.1) is 0 Å². The van der Waals surface area contributed by atoms with E-state index in [0.29, 0.717) is 12.8 Å². The average molecular weight is 280 g/mol. The second-order valence-corrected chi connectivity index (χ2v) is 4.68. The zero-order valence-electron chi connectivity index (χ0n) is 11.9. The molecule has 110 valence electrons. The summed E-state index contributed by atoms with van der Waals surface area (Å²) in [6.45, 7) is 5.28. The third kappa shape index (κ3) is 3.69. The van der Waals surface area contributed by atoms with Crippen LogP contribution >= 0.6 is 0 Å². The number of hydrogen-bond donors (Lipinski definition) is 2. The van der Waals surface area contributed by atoms with E-state index in [1.54, 1.807) is 26.1 Å². The molecule has 1 aromatic rings. The maximum absolute atomic E-state index is 12.2. The number of amides is 1. The van der Waals surface area contributed by atoms with Gasteiger partial charge in [-0.2, -0.15) is 0 Å². The number of carboxylic acids is 1. The van der Waals surface area contributed by atoms with Crippen LogP contribution < -0.4 is 10.9 Å². The first kappa shape index (κ1) is 15.9. The van der Waals surface area contributed by atoms with E-state index in [9.17, 15) is 14.4 Å². The van der Waals surface area contributed by atoms with Gasteiger partial charge in [-0.15, -0.1) is 0 Å². The fourth-order valence-electron chi connectivity index (χ4n) is 1.97. The Labute approximate surface area is 117 Å². The van der Waals surface area contributed by atoms with E-state index in [1.807, 2.05) is 6.92 Å². The Morgan fingerprint density at radius 2 is 1.95 bits per heavy atom. The maximum atomic E-state index is 12.2. The quantitative estimate of drug-likeness (QED) is 0.816. The first-order chi connectivity index (χ1) is 9.40. The number of carboxylic acid groups (broad SMARTS) is 1. The van der Waals surface area contributed by atoms with Crippen LogP contribution in [0.25, 0.3) is 0 Å². The molecule has 0 aliphatic rings. The van der Waals surface area contributed by atoms with Crippen molar-refractivity contribution >= 4 is 11.9 Å². The van der Waals surface area contributed by atoms with Crippen molar-refractivity contribution in [3.05, 3.63) is 34.2 Å². The van der Waals surface area contributed by atoms with Crippen molar-refractivity contribution in [3.63, 3.8) is 0 Å². The summed E-state index contributed by atoms with van der Waals surface area (Å²) in [5.74, 6) is -1.53. The summed E-state index contributed by atoms with van der Waals surface area (Å²) in [6.07, 6.45) is 2.31. The number of nitrogens with one attached hydrogen (secondary N) is 1. The van der Waals surface area contributed by atoms with E-state index in [0.717, 1.165) is 5.56 Å². The third-order valence-electron chi connectivity index (χ3n) is 3.13. The van der Waals surface area contributed by atoms with Crippen LogP contribution in [-0.4, -0.2) is 27.6 Å². The highest BCUT2D eigenvalue weighted by Gasteiger charge is 2.24. The molecule has 6 heteroatoms. The molecule has 0 radical (unpaired) electrons. The number of carbonyl (C=O) groups is 2. The van der Waals surface area contributed by atoms with Crippen molar-refractivity contribution in [3.8, 4) is 0 Å². The highest BCUT2D eigenvalue weighted by Crippen LogP contribution is 2.10. The molecule has 2 N–H and O–H groups in total. The summed E-state index contributed by atoms with van der Waals surface area (Å²) in [5, 5.41) is 11.4. The first-order valence-corrected chi connectivity index (χ1v) is 6.62. The molecule has 1 rings (SSSR count). The Bertz CT molecular complexity index is 550. The maximum Gasteiger partial charge on any atom is 0.326 e. The lowest BCUT2D eigenvalue weighted by Crippen LogP contribution is -2.45. The van der Waals surface area contributed by atoms with Crippen molar-refractivity contribution in [2.45, 2.75) is 45.7 Å². The largest absolute Gasteiger partial charge is 0.480 e. The highest BCUT2D eigenvalue weighted by atomic mass is 16.4. The molecule has 0 aromatic carbocycles. The van der Waals surface area contributed by atoms with Crippen LogP contribution in [0.4, 0.5) is 0 Å². The van der Waals surface area contributed by atoms with Crippen molar-refractivity contribution in [1.82, 2.24) is 9.88 Å². The SMILES string of the molecule is CCC(NC(=O)C(CC)n1cc(C)ccc1=O)C(=O)O. The zero-order chi connectivity index (χ0) is 15.3. The molecule has 0 aliphatic heterocycles. The molecule has 1 aromatic heterocycles. The van der Waals surface area contributed by atoms with E-state index in [1.165, 1.54) is 10.6 Å². The van der Waals surface area contributed by atoms with Crippen molar-refractivity contribution in [1.29, 1.82) is 0 Å². The number of nitrogens with zero attached hydrogens (tertiary/aromatic N) is 1. The predicted octanol–water partition coefficient (Wildman–Crippen LogP) is 1.09. The van der Waals surface area contributed by atoms with Crippen molar-refractivity contribution in [2.75, 3.05) is 0 Å². The Morgan fingerprint density at radius 1 is 1.30 bits per heavy atom. The minimum Gasteiger partial charge on any atom is -0.480 e. The lowest BCUT2D eigenvalue weighted by atomic mass is 10.1. The second kappa shape index (κ2) is 6.88. The van der Waals surface area contributed by atoms with Gasteiger partial charge < -0.3 is 15.0 Å². The number of hydrogen-bond acceptors (Lipinski definition) is 3. The van der Waals surface area contributed by atoms with Gasteiger partial charge in [0.15, 0.2) is 0 Å². The van der Waals surface area contributed by atoms with Crippen LogP contribution in [0, 0.1) is 6.92 Å². The molecule has 0 aliphatic carbocycles. The molecule has 2 unspecified atom stereocenters. The first-order valence-electron chi connectivity index (χ1n) is 6.62. The Morgan fingerprint density at radius 3 is 2.45 bits per heavy atom. The fourth-order valence-corrected chi connectivity index (χ4v) is 1.97. The molecule has 1 heterocycles. The van der Waals surface area contributed by atoms with Gasteiger partial charge in [-0.1, -0.05) is 19.9 Å². The molecular weight excluding hydrogens is 260 g/mol. The number of carbonyl (C=O) groups excluding carboxylic acids is 1. The van der Waals surface area contributed by atoms with Gasteiger partial charge in [0, 0.05) is 12.3 Å². The molecule has 1 amide bonds. The number of aryl methyl sites for hydroxylation is 1. The summed E-state index contributed by atoms with van der Waals surface area (Å²) in [5.41, 5.74) is 0.585. The van der Waals surface area contributed by atoms with Crippen LogP contribution in [0.2, 0.25) is 0 Å². The Hall–Kier alpha value is -2.11. The summed E-state index contributed by atoms with van der Waals surface area (Å²) in [7, 11) is 0. The van der Waals surface area contributed by atoms with Gasteiger partial charge in [-0.3, -0.25) is 9.59 Å². The predicted molar refractivity (Wildman–Crippen MR) is 74.6 cm³/mol. The number of pyridine rings is 1. The molecular formula is C14H20N2O4. The van der Waals surface area contributed by atoms with E-state index in [2.05, 4.69) is 5.32 Å². The lowest BCUT2D eigenvalue weighted by molar-refractivity contribution is -0.142. The standard InChI is InChI=1S/C14H20N2O4/c1-4-10(14(19)20)15-13(18)11(5-2)16-8-9(3)6-7-12(16)17/h6-8,10-11H,4-5H2,1-3H3,(H,15,18)(H,19,20). The van der Waals surface area contributed by atoms with Gasteiger partial charge in [-0.05, 0) is 25.3 Å². The van der Waals surface area contributed by atoms with Crippen LogP contribution in [0.3, 0.4) is 0 Å². The molecule has 0 saturated heterocycles. The Balaban J connectivity index is 3.01. The number of aromatic nitrogens is 1. The topological polar surface area (TPSA) is 88.4 Å². The van der Waals surface area contributed by atoms with E-state index >= 15 is 0 Å². The highest BCUT2D eigenvalue weighted by molar-refractivity contribution is 5.85. The van der Waals surface area contributed by atoms with Crippen LogP contribution in [-0.2, 0) is 9.59 Å². The lowest BCUT2D eigenvalue weighted by Gasteiger charge is -2.20. The average Bonchev–Trinajstić information content (AvgIpc) is 2.40. The minimum atomic E-state index is -1.08. The molecule has 0 saturated carbocycles. The summed E-state index contributed by atoms with van der Waals surface area (Å²) in [6, 6.07) is 1.45. The molecule has 20 heavy (non-hydrogen) atoms. The van der Waals surface area contributed by atoms with Crippen molar-refractivity contribution in [2.24, 2.45) is 0 Å². The molecule has 0 bridgehead atoms. The van der Waals surface area contributed by atoms with Gasteiger partial charge in [0.1, 0.15) is 12.1 Å². The van der Waals surface area contributed by atoms with E-state index in [4.69, 9.17) is 5.11 Å². The number of aliphatic carboxylic acids is 1. The van der Waals surface area contributed by atoms with Gasteiger partial charge in [0.2, 0.25) is 5.91 Å². The third-order valence-corrected chi connectivity index (χ3v) is 3.13. The summed E-state index contributed by atoms with van der Waals surface area (Å²) >= 11 is 0. The van der Waals surface area contributed by atoms with Gasteiger partial charge in [0.25, 0.3) is 5.56 Å². The van der Waals surface area contributed by atoms with Crippen LogP contribution in [0.15, 0.2) is 23.1 Å². The molecule has 0 spiro atoms. The zero-order valence-corrected chi connectivity index (χ0v) is 11.9. The summed E-state index contributed by atoms with van der Waals surface area (Å²) in [4.78, 5) is 35.0. The summed E-state index contributed by atoms with van der Waals surface area (Å²) < 4.78 is 1.35. The smallest absolute Gasteiger partial charge is 0.326 e. The molecule has 6 nitrogen and oxygen atoms in total. The molecule has 2 atom stereocenters. The molecule has 0 fully saturated rings. The fraction of sp³-hybridized carbons (Fsp3) is 0.500. The second-order valence-electron chi connectivity index (χ2n) is 4.68. The van der Waals surface area contributed by atoms with E-state index < -0.39 is 24.0 Å². The Kier molecular flexibility index (Phi) is 5.49. The van der Waals surface area contributed by atoms with Crippen LogP contribution in [0.5, 0.6) is 0 Å². The monoisotopic (exact) mass is 280 g/mol.